The molecule has 4 nitrogen and oxygen atoms in total. The zero-order valence-corrected chi connectivity index (χ0v) is 10.8. The highest BCUT2D eigenvalue weighted by molar-refractivity contribution is 5.60. The third-order valence-corrected chi connectivity index (χ3v) is 3.10. The molecule has 0 aromatic heterocycles. The zero-order chi connectivity index (χ0) is 13.7. The van der Waals surface area contributed by atoms with Gasteiger partial charge in [0.15, 0.2) is 0 Å². The monoisotopic (exact) mass is 272 g/mol. The maximum atomic E-state index is 12.4. The Morgan fingerprint density at radius 2 is 2.05 bits per heavy atom. The van der Waals surface area contributed by atoms with Crippen molar-refractivity contribution in [1.29, 1.82) is 0 Å². The van der Waals surface area contributed by atoms with Crippen molar-refractivity contribution in [2.75, 3.05) is 25.5 Å². The molecule has 0 saturated carbocycles. The molecule has 0 spiro atoms. The standard InChI is InChI=1S/C13H18F2N2O2/c1-18-10-2-3-12(19-13(14)15)11(8-10)17-9-4-6-16-7-5-9/h2-3,8-9,13,16-17H,4-7H2,1H3. The topological polar surface area (TPSA) is 42.5 Å². The average Bonchev–Trinajstić information content (AvgIpc) is 2.41. The molecule has 1 saturated heterocycles. The number of methoxy groups -OCH3 is 1. The first kappa shape index (κ1) is 13.9. The second kappa shape index (κ2) is 6.56. The molecular formula is C13H18F2N2O2. The number of hydrogen-bond acceptors (Lipinski definition) is 4. The van der Waals surface area contributed by atoms with E-state index in [1.807, 2.05) is 0 Å². The predicted molar refractivity (Wildman–Crippen MR) is 69.1 cm³/mol. The van der Waals surface area contributed by atoms with E-state index in [2.05, 4.69) is 15.4 Å². The summed E-state index contributed by atoms with van der Waals surface area (Å²) in [6.45, 7) is -0.985. The van der Waals surface area contributed by atoms with E-state index in [1.54, 1.807) is 12.1 Å². The molecule has 1 aromatic carbocycles. The van der Waals surface area contributed by atoms with Crippen molar-refractivity contribution in [2.24, 2.45) is 0 Å². The number of alkyl halides is 2. The maximum Gasteiger partial charge on any atom is 0.387 e. The molecule has 0 atom stereocenters. The molecule has 0 bridgehead atoms. The SMILES string of the molecule is COc1ccc(OC(F)F)c(NC2CCNCC2)c1. The van der Waals surface area contributed by atoms with Gasteiger partial charge < -0.3 is 20.1 Å². The fraction of sp³-hybridized carbons (Fsp3) is 0.538. The lowest BCUT2D eigenvalue weighted by Crippen LogP contribution is -2.35. The number of rotatable bonds is 5. The highest BCUT2D eigenvalue weighted by atomic mass is 19.3. The van der Waals surface area contributed by atoms with Crippen LogP contribution < -0.4 is 20.1 Å². The summed E-state index contributed by atoms with van der Waals surface area (Å²) in [5.74, 6) is 0.757. The molecule has 1 heterocycles. The molecule has 1 aromatic rings. The third-order valence-electron chi connectivity index (χ3n) is 3.10. The van der Waals surface area contributed by atoms with Gasteiger partial charge in [0, 0.05) is 12.1 Å². The Labute approximate surface area is 111 Å². The minimum atomic E-state index is -2.83. The van der Waals surface area contributed by atoms with E-state index < -0.39 is 6.61 Å². The molecule has 0 unspecified atom stereocenters. The van der Waals surface area contributed by atoms with E-state index in [1.165, 1.54) is 13.2 Å². The lowest BCUT2D eigenvalue weighted by atomic mass is 10.1. The van der Waals surface area contributed by atoms with Gasteiger partial charge in [0.2, 0.25) is 0 Å². The van der Waals surface area contributed by atoms with Crippen LogP contribution in [0.1, 0.15) is 12.8 Å². The van der Waals surface area contributed by atoms with Gasteiger partial charge in [-0.3, -0.25) is 0 Å². The van der Waals surface area contributed by atoms with E-state index in [9.17, 15) is 8.78 Å². The fourth-order valence-electron chi connectivity index (χ4n) is 2.13. The summed E-state index contributed by atoms with van der Waals surface area (Å²) in [5, 5.41) is 6.51. The summed E-state index contributed by atoms with van der Waals surface area (Å²) in [6.07, 6.45) is 1.90. The minimum absolute atomic E-state index is 0.148. The van der Waals surface area contributed by atoms with E-state index in [4.69, 9.17) is 4.74 Å². The molecule has 1 aliphatic heterocycles. The van der Waals surface area contributed by atoms with Crippen molar-refractivity contribution in [1.82, 2.24) is 5.32 Å². The van der Waals surface area contributed by atoms with Crippen molar-refractivity contribution < 1.29 is 18.3 Å². The van der Waals surface area contributed by atoms with Crippen LogP contribution in [0.25, 0.3) is 0 Å². The maximum absolute atomic E-state index is 12.4. The van der Waals surface area contributed by atoms with Crippen LogP contribution in [-0.4, -0.2) is 32.9 Å². The van der Waals surface area contributed by atoms with Crippen molar-refractivity contribution in [3.63, 3.8) is 0 Å². The molecular weight excluding hydrogens is 254 g/mol. The molecule has 1 aliphatic rings. The molecule has 0 aliphatic carbocycles. The first-order valence-corrected chi connectivity index (χ1v) is 6.29. The third kappa shape index (κ3) is 3.96. The minimum Gasteiger partial charge on any atom is -0.497 e. The number of hydrogen-bond donors (Lipinski definition) is 2. The molecule has 106 valence electrons. The summed E-state index contributed by atoms with van der Waals surface area (Å²) in [5.41, 5.74) is 0.548. The molecule has 6 heteroatoms. The summed E-state index contributed by atoms with van der Waals surface area (Å²) in [6, 6.07) is 5.04. The van der Waals surface area contributed by atoms with Crippen LogP contribution in [0.5, 0.6) is 11.5 Å². The number of anilines is 1. The Morgan fingerprint density at radius 3 is 2.68 bits per heavy atom. The number of piperidine rings is 1. The van der Waals surface area contributed by atoms with E-state index in [0.717, 1.165) is 25.9 Å². The summed E-state index contributed by atoms with van der Waals surface area (Å²) >= 11 is 0. The van der Waals surface area contributed by atoms with Crippen LogP contribution in [0.4, 0.5) is 14.5 Å². The average molecular weight is 272 g/mol. The molecule has 0 radical (unpaired) electrons. The van der Waals surface area contributed by atoms with Gasteiger partial charge in [-0.2, -0.15) is 8.78 Å². The van der Waals surface area contributed by atoms with Crippen molar-refractivity contribution in [3.8, 4) is 11.5 Å². The lowest BCUT2D eigenvalue weighted by molar-refractivity contribution is -0.0494. The fourth-order valence-corrected chi connectivity index (χ4v) is 2.13. The van der Waals surface area contributed by atoms with Crippen LogP contribution in [0.3, 0.4) is 0 Å². The van der Waals surface area contributed by atoms with E-state index >= 15 is 0 Å². The normalized spacial score (nSPS) is 16.4. The second-order valence-corrected chi connectivity index (χ2v) is 4.41. The summed E-state index contributed by atoms with van der Waals surface area (Å²) in [7, 11) is 1.54. The molecule has 19 heavy (non-hydrogen) atoms. The number of ether oxygens (including phenoxy) is 2. The van der Waals surface area contributed by atoms with Gasteiger partial charge in [-0.1, -0.05) is 0 Å². The molecule has 2 N–H and O–H groups in total. The van der Waals surface area contributed by atoms with Crippen LogP contribution in [0.2, 0.25) is 0 Å². The van der Waals surface area contributed by atoms with Crippen LogP contribution in [-0.2, 0) is 0 Å². The highest BCUT2D eigenvalue weighted by Gasteiger charge is 2.17. The Bertz CT molecular complexity index is 410. The first-order chi connectivity index (χ1) is 9.19. The first-order valence-electron chi connectivity index (χ1n) is 6.29. The van der Waals surface area contributed by atoms with Gasteiger partial charge in [-0.05, 0) is 38.1 Å². The van der Waals surface area contributed by atoms with E-state index in [0.29, 0.717) is 11.4 Å². The van der Waals surface area contributed by atoms with Gasteiger partial charge in [-0.15, -0.1) is 0 Å². The van der Waals surface area contributed by atoms with Crippen LogP contribution in [0.15, 0.2) is 18.2 Å². The predicted octanol–water partition coefficient (Wildman–Crippen LogP) is 2.46. The van der Waals surface area contributed by atoms with Crippen molar-refractivity contribution in [3.05, 3.63) is 18.2 Å². The number of nitrogens with one attached hydrogen (secondary N) is 2. The Balaban J connectivity index is 2.13. The van der Waals surface area contributed by atoms with E-state index in [-0.39, 0.29) is 11.8 Å². The molecule has 2 rings (SSSR count). The smallest absolute Gasteiger partial charge is 0.387 e. The van der Waals surface area contributed by atoms with Gasteiger partial charge in [0.1, 0.15) is 11.5 Å². The van der Waals surface area contributed by atoms with Gasteiger partial charge >= 0.3 is 6.61 Å². The quantitative estimate of drug-likeness (QED) is 0.864. The summed E-state index contributed by atoms with van der Waals surface area (Å²) < 4.78 is 34.4. The zero-order valence-electron chi connectivity index (χ0n) is 10.8. The number of halogens is 2. The summed E-state index contributed by atoms with van der Waals surface area (Å²) in [4.78, 5) is 0. The Morgan fingerprint density at radius 1 is 1.32 bits per heavy atom. The molecule has 1 fully saturated rings. The van der Waals surface area contributed by atoms with Gasteiger partial charge in [-0.25, -0.2) is 0 Å². The van der Waals surface area contributed by atoms with Gasteiger partial charge in [0.05, 0.1) is 12.8 Å². The van der Waals surface area contributed by atoms with Crippen molar-refractivity contribution >= 4 is 5.69 Å². The van der Waals surface area contributed by atoms with Crippen molar-refractivity contribution in [2.45, 2.75) is 25.5 Å². The number of benzene rings is 1. The van der Waals surface area contributed by atoms with Crippen LogP contribution in [0, 0.1) is 0 Å². The largest absolute Gasteiger partial charge is 0.497 e. The Kier molecular flexibility index (Phi) is 4.79. The van der Waals surface area contributed by atoms with Crippen LogP contribution >= 0.6 is 0 Å². The highest BCUT2D eigenvalue weighted by Crippen LogP contribution is 2.31. The second-order valence-electron chi connectivity index (χ2n) is 4.41. The van der Waals surface area contributed by atoms with Gasteiger partial charge in [0.25, 0.3) is 0 Å². The Hall–Kier alpha value is -1.56. The lowest BCUT2D eigenvalue weighted by Gasteiger charge is -2.25. The molecule has 0 amide bonds.